The summed E-state index contributed by atoms with van der Waals surface area (Å²) in [6.45, 7) is 0. The second-order valence-corrected chi connectivity index (χ2v) is 2.91. The number of aromatic amines is 1. The second-order valence-electron chi connectivity index (χ2n) is 2.91. The number of halogens is 1. The number of hydrogen-bond donors (Lipinski definition) is 2. The van der Waals surface area contributed by atoms with E-state index in [2.05, 4.69) is 4.98 Å². The van der Waals surface area contributed by atoms with Gasteiger partial charge in [0.25, 0.3) is 5.56 Å². The number of benzene rings is 1. The van der Waals surface area contributed by atoms with Crippen molar-refractivity contribution in [1.29, 1.82) is 0 Å². The summed E-state index contributed by atoms with van der Waals surface area (Å²) in [5.41, 5.74) is -0.0254. The van der Waals surface area contributed by atoms with E-state index < -0.39 is 5.97 Å². The van der Waals surface area contributed by atoms with E-state index in [9.17, 15) is 9.59 Å². The minimum absolute atomic E-state index is 0. The maximum absolute atomic E-state index is 11.3. The molecule has 0 unspecified atom stereocenters. The lowest BCUT2D eigenvalue weighted by atomic mass is 10.1. The third-order valence-electron chi connectivity index (χ3n) is 2.02. The molecule has 0 fully saturated rings. The minimum atomic E-state index is -0.993. The summed E-state index contributed by atoms with van der Waals surface area (Å²) < 4.78 is 0. The van der Waals surface area contributed by atoms with Crippen LogP contribution in [0.5, 0.6) is 0 Å². The van der Waals surface area contributed by atoms with Crippen LogP contribution in [0.1, 0.15) is 10.4 Å². The predicted molar refractivity (Wildman–Crippen MR) is 58.8 cm³/mol. The number of aromatic nitrogens is 1. The van der Waals surface area contributed by atoms with Gasteiger partial charge in [0, 0.05) is 11.6 Å². The lowest BCUT2D eigenvalue weighted by Crippen LogP contribution is -2.05. The molecule has 78 valence electrons. The van der Waals surface area contributed by atoms with Gasteiger partial charge in [0.2, 0.25) is 0 Å². The Morgan fingerprint density at radius 3 is 2.67 bits per heavy atom. The standard InChI is InChI=1S/C10H7NO3.ClH/c12-9-8-2-1-7(10(13)14)5-6(8)3-4-11-9;/h1-5H,(H,11,12)(H,13,14);1H. The Morgan fingerprint density at radius 1 is 1.27 bits per heavy atom. The molecule has 0 amide bonds. The van der Waals surface area contributed by atoms with Gasteiger partial charge in [0.05, 0.1) is 5.56 Å². The molecule has 0 saturated heterocycles. The van der Waals surface area contributed by atoms with Gasteiger partial charge < -0.3 is 10.1 Å². The van der Waals surface area contributed by atoms with Crippen molar-refractivity contribution >= 4 is 29.1 Å². The fourth-order valence-corrected chi connectivity index (χ4v) is 1.33. The molecule has 1 heterocycles. The van der Waals surface area contributed by atoms with Crippen LogP contribution in [-0.2, 0) is 0 Å². The molecule has 1 aromatic carbocycles. The number of nitrogens with one attached hydrogen (secondary N) is 1. The Morgan fingerprint density at radius 2 is 2.00 bits per heavy atom. The van der Waals surface area contributed by atoms with E-state index >= 15 is 0 Å². The zero-order valence-electron chi connectivity index (χ0n) is 7.56. The molecule has 0 bridgehead atoms. The zero-order chi connectivity index (χ0) is 10.1. The monoisotopic (exact) mass is 225 g/mol. The zero-order valence-corrected chi connectivity index (χ0v) is 8.38. The molecule has 0 spiro atoms. The molecule has 2 N–H and O–H groups in total. The van der Waals surface area contributed by atoms with Gasteiger partial charge in [-0.25, -0.2) is 4.79 Å². The van der Waals surface area contributed by atoms with Crippen LogP contribution in [0, 0.1) is 0 Å². The number of H-pyrrole nitrogens is 1. The highest BCUT2D eigenvalue weighted by Crippen LogP contribution is 2.11. The normalized spacial score (nSPS) is 9.60. The van der Waals surface area contributed by atoms with Gasteiger partial charge >= 0.3 is 5.97 Å². The highest BCUT2D eigenvalue weighted by atomic mass is 35.5. The summed E-state index contributed by atoms with van der Waals surface area (Å²) in [7, 11) is 0. The molecule has 0 radical (unpaired) electrons. The number of aromatic carboxylic acids is 1. The van der Waals surface area contributed by atoms with Crippen molar-refractivity contribution in [2.24, 2.45) is 0 Å². The molecule has 1 aromatic heterocycles. The fourth-order valence-electron chi connectivity index (χ4n) is 1.33. The summed E-state index contributed by atoms with van der Waals surface area (Å²) in [6, 6.07) is 6.08. The Balaban J connectivity index is 0.00000112. The first kappa shape index (κ1) is 11.3. The van der Waals surface area contributed by atoms with E-state index in [1.165, 1.54) is 24.4 Å². The van der Waals surface area contributed by atoms with Crippen LogP contribution in [0.3, 0.4) is 0 Å². The van der Waals surface area contributed by atoms with Gasteiger partial charge in [0.1, 0.15) is 0 Å². The summed E-state index contributed by atoms with van der Waals surface area (Å²) >= 11 is 0. The predicted octanol–water partition coefficient (Wildman–Crippen LogP) is 1.65. The second kappa shape index (κ2) is 4.14. The average molecular weight is 226 g/mol. The molecule has 0 aliphatic rings. The molecule has 0 aliphatic heterocycles. The smallest absolute Gasteiger partial charge is 0.335 e. The van der Waals surface area contributed by atoms with E-state index in [4.69, 9.17) is 5.11 Å². The quantitative estimate of drug-likeness (QED) is 0.775. The topological polar surface area (TPSA) is 70.2 Å². The van der Waals surface area contributed by atoms with Crippen LogP contribution < -0.4 is 5.56 Å². The third-order valence-corrected chi connectivity index (χ3v) is 2.02. The van der Waals surface area contributed by atoms with Crippen molar-refractivity contribution in [1.82, 2.24) is 4.98 Å². The van der Waals surface area contributed by atoms with Crippen LogP contribution in [0.15, 0.2) is 35.3 Å². The van der Waals surface area contributed by atoms with Crippen molar-refractivity contribution in [3.05, 3.63) is 46.4 Å². The largest absolute Gasteiger partial charge is 0.478 e. The first-order valence-corrected chi connectivity index (χ1v) is 4.03. The van der Waals surface area contributed by atoms with Crippen LogP contribution in [0.25, 0.3) is 10.8 Å². The molecule has 0 aliphatic carbocycles. The summed E-state index contributed by atoms with van der Waals surface area (Å²) in [4.78, 5) is 24.4. The number of rotatable bonds is 1. The Hall–Kier alpha value is -1.81. The molecular weight excluding hydrogens is 218 g/mol. The number of carbonyl (C=O) groups is 1. The molecule has 4 nitrogen and oxygen atoms in total. The van der Waals surface area contributed by atoms with Crippen molar-refractivity contribution in [3.63, 3.8) is 0 Å². The summed E-state index contributed by atoms with van der Waals surface area (Å²) in [5, 5.41) is 9.86. The van der Waals surface area contributed by atoms with E-state index in [1.807, 2.05) is 0 Å². The summed E-state index contributed by atoms with van der Waals surface area (Å²) in [6.07, 6.45) is 1.50. The minimum Gasteiger partial charge on any atom is -0.478 e. The molecule has 2 aromatic rings. The fraction of sp³-hybridized carbons (Fsp3) is 0. The number of pyridine rings is 1. The number of carboxylic acids is 1. The Kier molecular flexibility index (Phi) is 3.11. The van der Waals surface area contributed by atoms with Gasteiger partial charge in [-0.3, -0.25) is 4.79 Å². The van der Waals surface area contributed by atoms with Crippen molar-refractivity contribution in [2.45, 2.75) is 0 Å². The van der Waals surface area contributed by atoms with Crippen LogP contribution in [0.4, 0.5) is 0 Å². The van der Waals surface area contributed by atoms with Crippen LogP contribution in [0.2, 0.25) is 0 Å². The Labute approximate surface area is 91.0 Å². The third kappa shape index (κ3) is 1.99. The van der Waals surface area contributed by atoms with Crippen molar-refractivity contribution in [2.75, 3.05) is 0 Å². The number of fused-ring (bicyclic) bond motifs is 1. The SMILES string of the molecule is Cl.O=C(O)c1ccc2c(=O)[nH]ccc2c1. The van der Waals surface area contributed by atoms with Crippen LogP contribution >= 0.6 is 12.4 Å². The van der Waals surface area contributed by atoms with Gasteiger partial charge in [0.15, 0.2) is 0 Å². The molecule has 15 heavy (non-hydrogen) atoms. The highest BCUT2D eigenvalue weighted by Gasteiger charge is 2.04. The molecule has 2 rings (SSSR count). The maximum Gasteiger partial charge on any atom is 0.335 e. The first-order chi connectivity index (χ1) is 6.68. The van der Waals surface area contributed by atoms with Gasteiger partial charge in [-0.2, -0.15) is 0 Å². The average Bonchev–Trinajstić information content (AvgIpc) is 2.17. The van der Waals surface area contributed by atoms with E-state index in [0.29, 0.717) is 10.8 Å². The van der Waals surface area contributed by atoms with Crippen molar-refractivity contribution in [3.8, 4) is 0 Å². The van der Waals surface area contributed by atoms with Gasteiger partial charge in [-0.05, 0) is 29.7 Å². The lowest BCUT2D eigenvalue weighted by molar-refractivity contribution is 0.0697. The lowest BCUT2D eigenvalue weighted by Gasteiger charge is -1.97. The summed E-state index contributed by atoms with van der Waals surface area (Å²) in [5.74, 6) is -0.993. The van der Waals surface area contributed by atoms with Gasteiger partial charge in [-0.15, -0.1) is 12.4 Å². The number of carboxylic acid groups (broad SMARTS) is 1. The van der Waals surface area contributed by atoms with E-state index in [1.54, 1.807) is 6.07 Å². The molecule has 5 heteroatoms. The molecule has 0 atom stereocenters. The van der Waals surface area contributed by atoms with Crippen LogP contribution in [-0.4, -0.2) is 16.1 Å². The Bertz CT molecular complexity index is 562. The molecule has 0 saturated carbocycles. The molecular formula is C10H8ClNO3. The van der Waals surface area contributed by atoms with E-state index in [0.717, 1.165) is 0 Å². The maximum atomic E-state index is 11.3. The van der Waals surface area contributed by atoms with E-state index in [-0.39, 0.29) is 23.5 Å². The number of hydrogen-bond acceptors (Lipinski definition) is 2. The van der Waals surface area contributed by atoms with Crippen molar-refractivity contribution < 1.29 is 9.90 Å². The first-order valence-electron chi connectivity index (χ1n) is 4.03. The van der Waals surface area contributed by atoms with Gasteiger partial charge in [-0.1, -0.05) is 0 Å². The highest BCUT2D eigenvalue weighted by molar-refractivity contribution is 5.93.